The molecule has 3 rings (SSSR count). The minimum atomic E-state index is -0.381. The van der Waals surface area contributed by atoms with Gasteiger partial charge in [-0.2, -0.15) is 0 Å². The Balaban J connectivity index is 1.75. The van der Waals surface area contributed by atoms with Crippen molar-refractivity contribution in [3.63, 3.8) is 0 Å². The fourth-order valence-corrected chi connectivity index (χ4v) is 2.71. The molecule has 1 heterocycles. The van der Waals surface area contributed by atoms with Crippen LogP contribution >= 0.6 is 11.6 Å². The zero-order valence-corrected chi connectivity index (χ0v) is 12.6. The van der Waals surface area contributed by atoms with E-state index in [2.05, 4.69) is 10.3 Å². The number of rotatable bonds is 4. The van der Waals surface area contributed by atoms with Crippen LogP contribution in [0, 0.1) is 0 Å². The van der Waals surface area contributed by atoms with Gasteiger partial charge >= 0.3 is 0 Å². The lowest BCUT2D eigenvalue weighted by molar-refractivity contribution is -0.124. The van der Waals surface area contributed by atoms with Crippen molar-refractivity contribution in [3.8, 4) is 0 Å². The Morgan fingerprint density at radius 3 is 2.52 bits per heavy atom. The maximum atomic E-state index is 12.6. The van der Waals surface area contributed by atoms with E-state index in [1.807, 2.05) is 49.4 Å². The molecule has 1 amide bonds. The van der Waals surface area contributed by atoms with E-state index in [4.69, 9.17) is 11.6 Å². The van der Waals surface area contributed by atoms with Gasteiger partial charge in [-0.15, -0.1) is 0 Å². The number of hydrogen-bond acceptors (Lipinski definition) is 2. The van der Waals surface area contributed by atoms with Crippen LogP contribution in [-0.4, -0.2) is 10.9 Å². The molecule has 3 nitrogen and oxygen atoms in total. The van der Waals surface area contributed by atoms with Crippen LogP contribution in [0.25, 0.3) is 0 Å². The van der Waals surface area contributed by atoms with Crippen LogP contribution in [0.5, 0.6) is 0 Å². The monoisotopic (exact) mass is 300 g/mol. The summed E-state index contributed by atoms with van der Waals surface area (Å²) in [6, 6.07) is 13.2. The number of aromatic nitrogens is 1. The van der Waals surface area contributed by atoms with E-state index >= 15 is 0 Å². The highest BCUT2D eigenvalue weighted by molar-refractivity contribution is 6.30. The quantitative estimate of drug-likeness (QED) is 0.936. The Kier molecular flexibility index (Phi) is 3.68. The molecular formula is C17H17ClN2O. The van der Waals surface area contributed by atoms with Gasteiger partial charge in [-0.25, -0.2) is 0 Å². The number of carbonyl (C=O) groups is 1. The minimum absolute atomic E-state index is 0.0722. The van der Waals surface area contributed by atoms with Crippen molar-refractivity contribution < 1.29 is 4.79 Å². The van der Waals surface area contributed by atoms with Gasteiger partial charge in [0.2, 0.25) is 5.91 Å². The molecule has 1 saturated carbocycles. The molecule has 108 valence electrons. The molecule has 0 spiro atoms. The van der Waals surface area contributed by atoms with Crippen LogP contribution in [0.3, 0.4) is 0 Å². The summed E-state index contributed by atoms with van der Waals surface area (Å²) in [4.78, 5) is 16.9. The predicted molar refractivity (Wildman–Crippen MR) is 83.2 cm³/mol. The van der Waals surface area contributed by atoms with Crippen LogP contribution in [0.4, 0.5) is 0 Å². The van der Waals surface area contributed by atoms with Crippen LogP contribution in [0.1, 0.15) is 37.1 Å². The second-order valence-electron chi connectivity index (χ2n) is 5.54. The Hall–Kier alpha value is -1.87. The SMILES string of the molecule is CC(NC(=O)C1(c2ccc(Cl)cc2)CC1)c1ccccn1. The molecule has 1 N–H and O–H groups in total. The summed E-state index contributed by atoms with van der Waals surface area (Å²) < 4.78 is 0. The van der Waals surface area contributed by atoms with Crippen LogP contribution < -0.4 is 5.32 Å². The molecule has 1 atom stereocenters. The van der Waals surface area contributed by atoms with Gasteiger partial charge in [0.15, 0.2) is 0 Å². The van der Waals surface area contributed by atoms with E-state index in [9.17, 15) is 4.79 Å². The van der Waals surface area contributed by atoms with E-state index in [0.717, 1.165) is 24.1 Å². The molecule has 4 heteroatoms. The average molecular weight is 301 g/mol. The molecule has 1 fully saturated rings. The van der Waals surface area contributed by atoms with E-state index in [1.165, 1.54) is 0 Å². The fraction of sp³-hybridized carbons (Fsp3) is 0.294. The topological polar surface area (TPSA) is 42.0 Å². The van der Waals surface area contributed by atoms with Gasteiger partial charge in [0, 0.05) is 11.2 Å². The van der Waals surface area contributed by atoms with Crippen molar-refractivity contribution in [2.45, 2.75) is 31.2 Å². The Morgan fingerprint density at radius 2 is 1.95 bits per heavy atom. The van der Waals surface area contributed by atoms with E-state index in [0.29, 0.717) is 5.02 Å². The van der Waals surface area contributed by atoms with Gasteiger partial charge in [0.25, 0.3) is 0 Å². The van der Waals surface area contributed by atoms with Gasteiger partial charge in [0.1, 0.15) is 0 Å². The molecule has 1 aromatic carbocycles. The summed E-state index contributed by atoms with van der Waals surface area (Å²) in [5, 5.41) is 3.77. The van der Waals surface area contributed by atoms with Crippen molar-refractivity contribution in [1.29, 1.82) is 0 Å². The number of nitrogens with one attached hydrogen (secondary N) is 1. The summed E-state index contributed by atoms with van der Waals surface area (Å²) in [5.74, 6) is 0.0722. The molecule has 1 aromatic heterocycles. The highest BCUT2D eigenvalue weighted by Crippen LogP contribution is 2.48. The molecule has 1 unspecified atom stereocenters. The standard InChI is InChI=1S/C17H17ClN2O/c1-12(15-4-2-3-11-19-15)20-16(21)17(9-10-17)13-5-7-14(18)8-6-13/h2-8,11-12H,9-10H2,1H3,(H,20,21). The second-order valence-corrected chi connectivity index (χ2v) is 5.98. The number of halogens is 1. The first-order chi connectivity index (χ1) is 10.1. The molecule has 0 saturated heterocycles. The van der Waals surface area contributed by atoms with Crippen molar-refractivity contribution in [2.24, 2.45) is 0 Å². The molecule has 1 aliphatic carbocycles. The van der Waals surface area contributed by atoms with Crippen molar-refractivity contribution >= 4 is 17.5 Å². The lowest BCUT2D eigenvalue weighted by atomic mass is 9.94. The normalized spacial score (nSPS) is 17.0. The minimum Gasteiger partial charge on any atom is -0.347 e. The summed E-state index contributed by atoms with van der Waals surface area (Å²) in [5.41, 5.74) is 1.53. The lowest BCUT2D eigenvalue weighted by Gasteiger charge is -2.20. The molecule has 0 radical (unpaired) electrons. The third kappa shape index (κ3) is 2.79. The van der Waals surface area contributed by atoms with Gasteiger partial charge in [-0.05, 0) is 49.6 Å². The first-order valence-corrected chi connectivity index (χ1v) is 7.47. The molecule has 21 heavy (non-hydrogen) atoms. The number of carbonyl (C=O) groups excluding carboxylic acids is 1. The molecular weight excluding hydrogens is 284 g/mol. The van der Waals surface area contributed by atoms with Crippen LogP contribution in [0.2, 0.25) is 5.02 Å². The zero-order valence-electron chi connectivity index (χ0n) is 11.8. The van der Waals surface area contributed by atoms with Crippen molar-refractivity contribution in [2.75, 3.05) is 0 Å². The zero-order chi connectivity index (χ0) is 14.9. The largest absolute Gasteiger partial charge is 0.347 e. The number of pyridine rings is 1. The van der Waals surface area contributed by atoms with Crippen molar-refractivity contribution in [3.05, 3.63) is 64.9 Å². The third-order valence-electron chi connectivity index (χ3n) is 4.06. The molecule has 1 aliphatic rings. The van der Waals surface area contributed by atoms with E-state index in [1.54, 1.807) is 6.20 Å². The number of nitrogens with zero attached hydrogens (tertiary/aromatic N) is 1. The Bertz CT molecular complexity index is 636. The number of benzene rings is 1. The highest BCUT2D eigenvalue weighted by atomic mass is 35.5. The van der Waals surface area contributed by atoms with Crippen molar-refractivity contribution in [1.82, 2.24) is 10.3 Å². The van der Waals surface area contributed by atoms with E-state index < -0.39 is 0 Å². The highest BCUT2D eigenvalue weighted by Gasteiger charge is 2.51. The lowest BCUT2D eigenvalue weighted by Crippen LogP contribution is -2.36. The average Bonchev–Trinajstić information content (AvgIpc) is 3.30. The number of hydrogen-bond donors (Lipinski definition) is 1. The smallest absolute Gasteiger partial charge is 0.231 e. The summed E-state index contributed by atoms with van der Waals surface area (Å²) in [6.45, 7) is 1.96. The van der Waals surface area contributed by atoms with Gasteiger partial charge in [-0.3, -0.25) is 9.78 Å². The fourth-order valence-electron chi connectivity index (χ4n) is 2.58. The predicted octanol–water partition coefficient (Wildman–Crippen LogP) is 3.64. The third-order valence-corrected chi connectivity index (χ3v) is 4.31. The first-order valence-electron chi connectivity index (χ1n) is 7.10. The summed E-state index contributed by atoms with van der Waals surface area (Å²) in [6.07, 6.45) is 3.51. The second kappa shape index (κ2) is 5.49. The van der Waals surface area contributed by atoms with Gasteiger partial charge < -0.3 is 5.32 Å². The molecule has 0 bridgehead atoms. The van der Waals surface area contributed by atoms with Gasteiger partial charge in [0.05, 0.1) is 17.2 Å². The van der Waals surface area contributed by atoms with E-state index in [-0.39, 0.29) is 17.4 Å². The van der Waals surface area contributed by atoms with Crippen LogP contribution in [-0.2, 0) is 10.2 Å². The Labute approximate surface area is 129 Å². The van der Waals surface area contributed by atoms with Gasteiger partial charge in [-0.1, -0.05) is 29.8 Å². The maximum absolute atomic E-state index is 12.6. The molecule has 2 aromatic rings. The summed E-state index contributed by atoms with van der Waals surface area (Å²) >= 11 is 5.92. The maximum Gasteiger partial charge on any atom is 0.231 e. The molecule has 0 aliphatic heterocycles. The Morgan fingerprint density at radius 1 is 1.24 bits per heavy atom. The first kappa shape index (κ1) is 14.1. The van der Waals surface area contributed by atoms with Crippen LogP contribution in [0.15, 0.2) is 48.7 Å². The number of amides is 1. The summed E-state index contributed by atoms with van der Waals surface area (Å²) in [7, 11) is 0.